The quantitative estimate of drug-likeness (QED) is 0.582. The van der Waals surface area contributed by atoms with E-state index in [0.717, 1.165) is 5.56 Å². The molecule has 0 N–H and O–H groups in total. The largest absolute Gasteiger partial charge is 0.461 e. The summed E-state index contributed by atoms with van der Waals surface area (Å²) >= 11 is 0. The van der Waals surface area contributed by atoms with Crippen LogP contribution in [-0.2, 0) is 25.7 Å². The zero-order chi connectivity index (χ0) is 14.5. The number of rotatable bonds is 6. The lowest BCUT2D eigenvalue weighted by Crippen LogP contribution is -2.25. The van der Waals surface area contributed by atoms with Crippen LogP contribution in [0.15, 0.2) is 30.3 Å². The summed E-state index contributed by atoms with van der Waals surface area (Å²) in [4.78, 5) is 24.8. The first-order valence-electron chi connectivity index (χ1n) is 6.69. The summed E-state index contributed by atoms with van der Waals surface area (Å²) in [6.07, 6.45) is -0.158. The van der Waals surface area contributed by atoms with E-state index in [1.165, 1.54) is 4.90 Å². The molecule has 1 atom stereocenters. The summed E-state index contributed by atoms with van der Waals surface area (Å²) in [5.41, 5.74) is 1.02. The monoisotopic (exact) mass is 277 g/mol. The number of carbonyl (C=O) groups is 2. The van der Waals surface area contributed by atoms with Gasteiger partial charge < -0.3 is 14.4 Å². The van der Waals surface area contributed by atoms with Gasteiger partial charge in [-0.1, -0.05) is 30.3 Å². The van der Waals surface area contributed by atoms with E-state index in [-0.39, 0.29) is 24.6 Å². The molecule has 1 aliphatic rings. The van der Waals surface area contributed by atoms with Crippen molar-refractivity contribution in [3.8, 4) is 0 Å². The highest BCUT2D eigenvalue weighted by Crippen LogP contribution is 2.19. The Labute approximate surface area is 118 Å². The maximum atomic E-state index is 11.8. The number of esters is 1. The van der Waals surface area contributed by atoms with Crippen LogP contribution in [0.1, 0.15) is 19.4 Å². The fourth-order valence-electron chi connectivity index (χ4n) is 1.84. The highest BCUT2D eigenvalue weighted by Gasteiger charge is 2.45. The topological polar surface area (TPSA) is 55.6 Å². The summed E-state index contributed by atoms with van der Waals surface area (Å²) < 4.78 is 10.4. The van der Waals surface area contributed by atoms with Crippen LogP contribution >= 0.6 is 0 Å². The molecule has 5 heteroatoms. The normalized spacial score (nSPS) is 17.1. The van der Waals surface area contributed by atoms with Crippen molar-refractivity contribution in [3.05, 3.63) is 35.9 Å². The third-order valence-corrected chi connectivity index (χ3v) is 2.89. The molecular formula is C15H19NO4. The standard InChI is InChI=1S/C15H19NO4/c1-11(2)20-15(18)13-8-16(13)14(17)10-19-9-12-6-4-3-5-7-12/h3-7,11,13H,8-10H2,1-2H3. The maximum Gasteiger partial charge on any atom is 0.330 e. The number of nitrogens with zero attached hydrogens (tertiary/aromatic N) is 1. The molecule has 1 aromatic carbocycles. The molecule has 1 aliphatic heterocycles. The van der Waals surface area contributed by atoms with E-state index < -0.39 is 6.04 Å². The molecule has 1 aromatic rings. The minimum Gasteiger partial charge on any atom is -0.461 e. The molecule has 0 spiro atoms. The molecule has 1 unspecified atom stereocenters. The minimum atomic E-state index is -0.426. The second kappa shape index (κ2) is 6.52. The summed E-state index contributed by atoms with van der Waals surface area (Å²) in [5, 5.41) is 0. The molecule has 5 nitrogen and oxygen atoms in total. The Bertz CT molecular complexity index is 472. The molecule has 0 bridgehead atoms. The minimum absolute atomic E-state index is 0.0135. The summed E-state index contributed by atoms with van der Waals surface area (Å²) in [5.74, 6) is -0.511. The molecule has 0 radical (unpaired) electrons. The summed E-state index contributed by atoms with van der Waals surface area (Å²) in [6, 6.07) is 9.21. The molecule has 1 heterocycles. The Morgan fingerprint density at radius 1 is 1.30 bits per heavy atom. The molecule has 108 valence electrons. The van der Waals surface area contributed by atoms with Crippen molar-refractivity contribution >= 4 is 11.9 Å². The molecule has 1 amide bonds. The van der Waals surface area contributed by atoms with Gasteiger partial charge in [-0.05, 0) is 19.4 Å². The van der Waals surface area contributed by atoms with E-state index in [2.05, 4.69) is 0 Å². The Kier molecular flexibility index (Phi) is 4.74. The van der Waals surface area contributed by atoms with E-state index in [9.17, 15) is 9.59 Å². The van der Waals surface area contributed by atoms with Crippen LogP contribution in [-0.4, -0.2) is 42.1 Å². The van der Waals surface area contributed by atoms with E-state index in [0.29, 0.717) is 13.2 Å². The second-order valence-electron chi connectivity index (χ2n) is 5.03. The predicted molar refractivity (Wildman–Crippen MR) is 72.8 cm³/mol. The van der Waals surface area contributed by atoms with E-state index in [4.69, 9.17) is 9.47 Å². The lowest BCUT2D eigenvalue weighted by molar-refractivity contribution is -0.149. The third kappa shape index (κ3) is 4.06. The highest BCUT2D eigenvalue weighted by atomic mass is 16.5. The van der Waals surface area contributed by atoms with Crippen molar-refractivity contribution in [2.45, 2.75) is 32.6 Å². The molecule has 1 saturated heterocycles. The van der Waals surface area contributed by atoms with Crippen LogP contribution in [0.4, 0.5) is 0 Å². The van der Waals surface area contributed by atoms with Gasteiger partial charge in [0.25, 0.3) is 0 Å². The summed E-state index contributed by atoms with van der Waals surface area (Å²) in [7, 11) is 0. The number of ether oxygens (including phenoxy) is 2. The number of amides is 1. The molecule has 2 rings (SSSR count). The lowest BCUT2D eigenvalue weighted by Gasteiger charge is -2.08. The fourth-order valence-corrected chi connectivity index (χ4v) is 1.84. The fraction of sp³-hybridized carbons (Fsp3) is 0.467. The number of benzene rings is 1. The first kappa shape index (κ1) is 14.5. The van der Waals surface area contributed by atoms with Crippen molar-refractivity contribution < 1.29 is 19.1 Å². The SMILES string of the molecule is CC(C)OC(=O)C1CN1C(=O)COCc1ccccc1. The van der Waals surface area contributed by atoms with Gasteiger partial charge in [0.05, 0.1) is 19.3 Å². The Hall–Kier alpha value is -1.88. The number of hydrogen-bond donors (Lipinski definition) is 0. The average Bonchev–Trinajstić information content (AvgIpc) is 3.19. The van der Waals surface area contributed by atoms with Gasteiger partial charge in [0.2, 0.25) is 5.91 Å². The summed E-state index contributed by atoms with van der Waals surface area (Å²) in [6.45, 7) is 4.38. The average molecular weight is 277 g/mol. The maximum absolute atomic E-state index is 11.8. The molecule has 20 heavy (non-hydrogen) atoms. The second-order valence-corrected chi connectivity index (χ2v) is 5.03. The third-order valence-electron chi connectivity index (χ3n) is 2.89. The van der Waals surface area contributed by atoms with E-state index in [1.807, 2.05) is 30.3 Å². The van der Waals surface area contributed by atoms with Gasteiger partial charge in [-0.3, -0.25) is 4.79 Å². The van der Waals surface area contributed by atoms with Crippen LogP contribution in [0, 0.1) is 0 Å². The first-order valence-corrected chi connectivity index (χ1v) is 6.69. The predicted octanol–water partition coefficient (Wildman–Crippen LogP) is 1.37. The van der Waals surface area contributed by atoms with Gasteiger partial charge >= 0.3 is 5.97 Å². The first-order chi connectivity index (χ1) is 9.58. The van der Waals surface area contributed by atoms with Gasteiger partial charge in [0, 0.05) is 0 Å². The van der Waals surface area contributed by atoms with Gasteiger partial charge in [-0.2, -0.15) is 0 Å². The van der Waals surface area contributed by atoms with Crippen molar-refractivity contribution in [2.24, 2.45) is 0 Å². The zero-order valence-electron chi connectivity index (χ0n) is 11.7. The van der Waals surface area contributed by atoms with E-state index >= 15 is 0 Å². The molecule has 0 saturated carbocycles. The molecule has 1 fully saturated rings. The number of carbonyl (C=O) groups excluding carboxylic acids is 2. The van der Waals surface area contributed by atoms with Crippen molar-refractivity contribution in [3.63, 3.8) is 0 Å². The van der Waals surface area contributed by atoms with Crippen LogP contribution in [0.3, 0.4) is 0 Å². The smallest absolute Gasteiger partial charge is 0.330 e. The van der Waals surface area contributed by atoms with Crippen LogP contribution < -0.4 is 0 Å². The Morgan fingerprint density at radius 2 is 2.00 bits per heavy atom. The highest BCUT2D eigenvalue weighted by molar-refractivity contribution is 5.90. The van der Waals surface area contributed by atoms with E-state index in [1.54, 1.807) is 13.8 Å². The molecule has 0 aliphatic carbocycles. The van der Waals surface area contributed by atoms with Crippen molar-refractivity contribution in [2.75, 3.05) is 13.2 Å². The lowest BCUT2D eigenvalue weighted by atomic mass is 10.2. The van der Waals surface area contributed by atoms with Crippen molar-refractivity contribution in [1.29, 1.82) is 0 Å². The number of hydrogen-bond acceptors (Lipinski definition) is 4. The Balaban J connectivity index is 1.68. The van der Waals surface area contributed by atoms with Crippen molar-refractivity contribution in [1.82, 2.24) is 4.90 Å². The van der Waals surface area contributed by atoms with Gasteiger partial charge in [-0.25, -0.2) is 4.79 Å². The van der Waals surface area contributed by atoms with Crippen LogP contribution in [0.5, 0.6) is 0 Å². The molecule has 0 aromatic heterocycles. The zero-order valence-corrected chi connectivity index (χ0v) is 11.7. The van der Waals surface area contributed by atoms with Crippen LogP contribution in [0.2, 0.25) is 0 Å². The van der Waals surface area contributed by atoms with Gasteiger partial charge in [0.15, 0.2) is 0 Å². The molecular weight excluding hydrogens is 258 g/mol. The Morgan fingerprint density at radius 3 is 2.65 bits per heavy atom. The van der Waals surface area contributed by atoms with Gasteiger partial charge in [0.1, 0.15) is 12.6 Å². The van der Waals surface area contributed by atoms with Gasteiger partial charge in [-0.15, -0.1) is 0 Å². The van der Waals surface area contributed by atoms with Crippen LogP contribution in [0.25, 0.3) is 0 Å².